The molecule has 3 atom stereocenters. The van der Waals surface area contributed by atoms with Crippen molar-refractivity contribution in [2.45, 2.75) is 38.3 Å². The molecule has 5 rings (SSSR count). The van der Waals surface area contributed by atoms with Gasteiger partial charge in [-0.1, -0.05) is 41.9 Å². The van der Waals surface area contributed by atoms with E-state index in [0.29, 0.717) is 21.9 Å². The molecule has 0 spiro atoms. The van der Waals surface area contributed by atoms with Gasteiger partial charge in [-0.05, 0) is 73.9 Å². The fraction of sp³-hybridized carbons (Fsp3) is 0.286. The van der Waals surface area contributed by atoms with Crippen LogP contribution in [0.5, 0.6) is 5.75 Å². The summed E-state index contributed by atoms with van der Waals surface area (Å²) in [6.07, 6.45) is -4.74. The van der Waals surface area contributed by atoms with Crippen molar-refractivity contribution in [3.8, 4) is 5.75 Å². The highest BCUT2D eigenvalue weighted by atomic mass is 35.5. The van der Waals surface area contributed by atoms with E-state index in [-0.39, 0.29) is 48.0 Å². The number of nitrogens with zero attached hydrogens (tertiary/aromatic N) is 1. The number of allylic oxidation sites excluding steroid dienone is 2. The summed E-state index contributed by atoms with van der Waals surface area (Å²) in [5.74, 6) is -5.46. The Hall–Kier alpha value is -4.77. The zero-order chi connectivity index (χ0) is 34.0. The van der Waals surface area contributed by atoms with E-state index in [0.717, 1.165) is 12.1 Å². The van der Waals surface area contributed by atoms with Gasteiger partial charge in [0.15, 0.2) is 5.78 Å². The van der Waals surface area contributed by atoms with E-state index in [4.69, 9.17) is 31.5 Å². The number of esters is 2. The second kappa shape index (κ2) is 13.5. The maximum atomic E-state index is 14.9. The smallest absolute Gasteiger partial charge is 0.416 e. The number of Topliss-reactive ketones (excluding diaryl/α,β-unsaturated/α-hetero) is 1. The molecule has 0 radical (unpaired) electrons. The zero-order valence-corrected chi connectivity index (χ0v) is 26.5. The number of rotatable bonds is 8. The monoisotopic (exact) mass is 668 g/mol. The molecule has 0 saturated heterocycles. The van der Waals surface area contributed by atoms with Crippen LogP contribution in [0.25, 0.3) is 0 Å². The van der Waals surface area contributed by atoms with Crippen LogP contribution >= 0.6 is 11.6 Å². The summed E-state index contributed by atoms with van der Waals surface area (Å²) in [7, 11) is 1.48. The van der Waals surface area contributed by atoms with Crippen molar-refractivity contribution in [2.24, 2.45) is 11.7 Å². The molecule has 2 aliphatic rings. The van der Waals surface area contributed by atoms with Crippen molar-refractivity contribution in [2.75, 3.05) is 25.2 Å². The quantitative estimate of drug-likeness (QED) is 0.204. The van der Waals surface area contributed by atoms with Crippen molar-refractivity contribution < 1.29 is 41.8 Å². The van der Waals surface area contributed by atoms with E-state index in [9.17, 15) is 27.6 Å². The highest BCUT2D eigenvalue weighted by Gasteiger charge is 2.51. The van der Waals surface area contributed by atoms with Crippen LogP contribution in [0.3, 0.4) is 0 Å². The number of nitrogens with two attached hydrogens (primary N) is 1. The summed E-state index contributed by atoms with van der Waals surface area (Å²) in [6.45, 7) is 3.14. The number of anilines is 1. The minimum atomic E-state index is -4.70. The number of benzene rings is 3. The van der Waals surface area contributed by atoms with E-state index in [2.05, 4.69) is 0 Å². The van der Waals surface area contributed by atoms with E-state index in [1.54, 1.807) is 62.4 Å². The maximum Gasteiger partial charge on any atom is 0.416 e. The van der Waals surface area contributed by atoms with Gasteiger partial charge in [-0.15, -0.1) is 0 Å². The highest BCUT2D eigenvalue weighted by Crippen LogP contribution is 2.52. The van der Waals surface area contributed by atoms with Crippen LogP contribution in [0.15, 0.2) is 95.5 Å². The largest absolute Gasteiger partial charge is 0.497 e. The van der Waals surface area contributed by atoms with Crippen molar-refractivity contribution in [1.29, 1.82) is 0 Å². The fourth-order valence-corrected chi connectivity index (χ4v) is 6.46. The summed E-state index contributed by atoms with van der Waals surface area (Å²) in [6, 6.07) is 17.7. The van der Waals surface area contributed by atoms with Gasteiger partial charge in [0.25, 0.3) is 0 Å². The minimum absolute atomic E-state index is 0.000805. The molecule has 246 valence electrons. The second-order valence-electron chi connectivity index (χ2n) is 10.9. The molecule has 0 saturated carbocycles. The molecule has 12 heteroatoms. The Labute approximate surface area is 274 Å². The molecular formula is C35H32ClF3N2O6. The summed E-state index contributed by atoms with van der Waals surface area (Å²) >= 11 is 6.37. The van der Waals surface area contributed by atoms with E-state index < -0.39 is 47.2 Å². The van der Waals surface area contributed by atoms with Crippen LogP contribution in [-0.4, -0.2) is 38.0 Å². The first-order valence-electron chi connectivity index (χ1n) is 14.9. The molecule has 2 N–H and O–H groups in total. The highest BCUT2D eigenvalue weighted by molar-refractivity contribution is 6.30. The summed E-state index contributed by atoms with van der Waals surface area (Å²) in [4.78, 5) is 43.5. The van der Waals surface area contributed by atoms with Crippen LogP contribution < -0.4 is 15.4 Å². The van der Waals surface area contributed by atoms with Gasteiger partial charge < -0.3 is 19.9 Å². The van der Waals surface area contributed by atoms with Crippen LogP contribution in [0.1, 0.15) is 48.8 Å². The normalized spacial score (nSPS) is 19.8. The number of alkyl halides is 3. The first-order valence-corrected chi connectivity index (χ1v) is 15.3. The Morgan fingerprint density at radius 1 is 0.957 bits per heavy atom. The molecule has 47 heavy (non-hydrogen) atoms. The van der Waals surface area contributed by atoms with Gasteiger partial charge in [0.2, 0.25) is 0 Å². The molecule has 1 aliphatic heterocycles. The van der Waals surface area contributed by atoms with Crippen molar-refractivity contribution in [3.05, 3.63) is 117 Å². The molecule has 0 fully saturated rings. The van der Waals surface area contributed by atoms with Crippen LogP contribution in [0.4, 0.5) is 18.9 Å². The molecular weight excluding hydrogens is 637 g/mol. The molecule has 3 aromatic carbocycles. The Morgan fingerprint density at radius 3 is 2.30 bits per heavy atom. The first kappa shape index (κ1) is 33.6. The molecule has 1 heterocycles. The number of methoxy groups -OCH3 is 1. The summed E-state index contributed by atoms with van der Waals surface area (Å²) in [5.41, 5.74) is 6.77. The number of hydrogen-bond donors (Lipinski definition) is 1. The number of ether oxygens (including phenoxy) is 3. The van der Waals surface area contributed by atoms with Gasteiger partial charge in [-0.3, -0.25) is 14.5 Å². The summed E-state index contributed by atoms with van der Waals surface area (Å²) in [5, 5.41) is 0.297. The number of ketones is 1. The van der Waals surface area contributed by atoms with E-state index in [1.165, 1.54) is 24.1 Å². The van der Waals surface area contributed by atoms with Crippen LogP contribution in [0.2, 0.25) is 5.02 Å². The van der Waals surface area contributed by atoms with Crippen molar-refractivity contribution >= 4 is 35.0 Å². The standard InChI is InChI=1S/C35H32ClF3N2O6/c1-4-46-33(43)28-25(19-9-7-14-24(16-19)45-3)18-26-29(31(28)42)27(20-10-6-12-22(36)15-20)30(34(44)47-5-2)32(40)41(26)23-13-8-11-21(17-23)35(37,38)39/h6-17,25,27-28H,4-5,18,40H2,1-3H3/t25-,27+,28+/m1/s1. The first-order chi connectivity index (χ1) is 22.4. The third-order valence-corrected chi connectivity index (χ3v) is 8.45. The molecule has 0 aromatic heterocycles. The number of carbonyl (C=O) groups is 3. The van der Waals surface area contributed by atoms with Gasteiger partial charge in [-0.25, -0.2) is 4.79 Å². The predicted octanol–water partition coefficient (Wildman–Crippen LogP) is 6.89. The lowest BCUT2D eigenvalue weighted by molar-refractivity contribution is -0.152. The number of carbonyl (C=O) groups excluding carboxylic acids is 3. The van der Waals surface area contributed by atoms with Gasteiger partial charge in [-0.2, -0.15) is 13.2 Å². The lowest BCUT2D eigenvalue weighted by atomic mass is 9.67. The molecule has 3 aromatic rings. The Morgan fingerprint density at radius 2 is 1.64 bits per heavy atom. The van der Waals surface area contributed by atoms with Crippen molar-refractivity contribution in [1.82, 2.24) is 0 Å². The van der Waals surface area contributed by atoms with Gasteiger partial charge >= 0.3 is 18.1 Å². The summed E-state index contributed by atoms with van der Waals surface area (Å²) < 4.78 is 58.0. The fourth-order valence-electron chi connectivity index (χ4n) is 6.26. The Balaban J connectivity index is 1.85. The lowest BCUT2D eigenvalue weighted by Crippen LogP contribution is -2.46. The third-order valence-electron chi connectivity index (χ3n) is 8.21. The van der Waals surface area contributed by atoms with Gasteiger partial charge in [0, 0.05) is 27.9 Å². The van der Waals surface area contributed by atoms with E-state index >= 15 is 0 Å². The Bertz CT molecular complexity index is 1790. The lowest BCUT2D eigenvalue weighted by Gasteiger charge is -2.44. The Kier molecular flexibility index (Phi) is 9.67. The molecule has 0 bridgehead atoms. The molecule has 8 nitrogen and oxygen atoms in total. The van der Waals surface area contributed by atoms with Crippen LogP contribution in [-0.2, 0) is 30.0 Å². The molecule has 1 aliphatic carbocycles. The SMILES string of the molecule is CCOC(=O)C1=C(N)N(c2cccc(C(F)(F)F)c2)C2=C(C(=O)[C@@H](C(=O)OCC)[C@@H](c3cccc(OC)c3)C2)[C@@H]1c1cccc(Cl)c1. The predicted molar refractivity (Wildman–Crippen MR) is 168 cm³/mol. The topological polar surface area (TPSA) is 108 Å². The van der Waals surface area contributed by atoms with Crippen LogP contribution in [0, 0.1) is 5.92 Å². The number of halogens is 4. The third kappa shape index (κ3) is 6.44. The minimum Gasteiger partial charge on any atom is -0.497 e. The maximum absolute atomic E-state index is 14.9. The average molecular weight is 669 g/mol. The van der Waals surface area contributed by atoms with Gasteiger partial charge in [0.05, 0.1) is 37.4 Å². The zero-order valence-electron chi connectivity index (χ0n) is 25.8. The van der Waals surface area contributed by atoms with Crippen molar-refractivity contribution in [3.63, 3.8) is 0 Å². The molecule has 0 amide bonds. The number of hydrogen-bond acceptors (Lipinski definition) is 8. The second-order valence-corrected chi connectivity index (χ2v) is 11.4. The molecule has 0 unspecified atom stereocenters. The van der Waals surface area contributed by atoms with Gasteiger partial charge in [0.1, 0.15) is 17.5 Å². The average Bonchev–Trinajstić information content (AvgIpc) is 3.04. The van der Waals surface area contributed by atoms with E-state index in [1.807, 2.05) is 0 Å².